The van der Waals surface area contributed by atoms with E-state index < -0.39 is 5.20 Å². The van der Waals surface area contributed by atoms with E-state index in [2.05, 4.69) is 38.7 Å². The molecule has 0 aromatic carbocycles. The molecule has 2 rings (SSSR count). The molecule has 2 heterocycles. The van der Waals surface area contributed by atoms with E-state index in [1.165, 1.54) is 0 Å². The zero-order valence-electron chi connectivity index (χ0n) is 9.81. The molecule has 1 amide bonds. The number of carbonyl (C=O) groups is 1. The van der Waals surface area contributed by atoms with Crippen molar-refractivity contribution in [3.63, 3.8) is 0 Å². The number of halogens is 3. The maximum absolute atomic E-state index is 11.6. The van der Waals surface area contributed by atoms with Crippen molar-refractivity contribution in [1.82, 2.24) is 4.98 Å². The highest BCUT2D eigenvalue weighted by Crippen LogP contribution is 2.61. The Morgan fingerprint density at radius 1 is 1.39 bits per heavy atom. The maximum atomic E-state index is 11.6. The van der Waals surface area contributed by atoms with Gasteiger partial charge in [-0.1, -0.05) is 0 Å². The molecule has 0 saturated heterocycles. The van der Waals surface area contributed by atoms with Crippen molar-refractivity contribution in [3.8, 4) is 0 Å². The minimum Gasteiger partial charge on any atom is -0.308 e. The summed E-state index contributed by atoms with van der Waals surface area (Å²) >= 11 is 13.8. The molecule has 0 atom stereocenters. The molecule has 18 heavy (non-hydrogen) atoms. The van der Waals surface area contributed by atoms with Crippen LogP contribution in [0.5, 0.6) is 0 Å². The number of amides is 1. The van der Waals surface area contributed by atoms with E-state index in [-0.39, 0.29) is 11.9 Å². The molecule has 1 aromatic rings. The van der Waals surface area contributed by atoms with Crippen molar-refractivity contribution in [2.75, 3.05) is 4.90 Å². The lowest BCUT2D eigenvalue weighted by atomic mass is 10.2. The number of hydrogen-bond acceptors (Lipinski definition) is 3. The van der Waals surface area contributed by atoms with Crippen molar-refractivity contribution in [2.24, 2.45) is 0 Å². The fourth-order valence-electron chi connectivity index (χ4n) is 1.73. The SMILES string of the molecule is CC(C)N1C(=O)Cc2ccncc21.O=P(Cl)(Cl)Cl. The zero-order valence-corrected chi connectivity index (χ0v) is 13.0. The van der Waals surface area contributed by atoms with Crippen LogP contribution in [0.25, 0.3) is 0 Å². The summed E-state index contributed by atoms with van der Waals surface area (Å²) in [6.07, 6.45) is 4.02. The van der Waals surface area contributed by atoms with Crippen molar-refractivity contribution in [2.45, 2.75) is 26.3 Å². The van der Waals surface area contributed by atoms with Crippen LogP contribution in [0, 0.1) is 0 Å². The first kappa shape index (κ1) is 15.8. The van der Waals surface area contributed by atoms with E-state index in [0.717, 1.165) is 11.3 Å². The van der Waals surface area contributed by atoms with Gasteiger partial charge in [0.25, 0.3) is 0 Å². The standard InChI is InChI=1S/C10H12N2O.Cl3OP/c1-7(2)12-9-6-11-4-3-8(9)5-10(12)13;1-5(2,3)4/h3-4,6-7H,5H2,1-2H3;. The van der Waals surface area contributed by atoms with Crippen LogP contribution in [0.15, 0.2) is 18.5 Å². The van der Waals surface area contributed by atoms with Gasteiger partial charge >= 0.3 is 5.20 Å². The Bertz CT molecular complexity index is 482. The van der Waals surface area contributed by atoms with E-state index in [1.54, 1.807) is 12.4 Å². The van der Waals surface area contributed by atoms with Crippen LogP contribution in [-0.4, -0.2) is 16.9 Å². The van der Waals surface area contributed by atoms with Gasteiger partial charge in [-0.2, -0.15) is 0 Å². The Balaban J connectivity index is 0.000000280. The Kier molecular flexibility index (Phi) is 5.47. The second-order valence-corrected chi connectivity index (χ2v) is 10.6. The van der Waals surface area contributed by atoms with Gasteiger partial charge in [-0.3, -0.25) is 14.3 Å². The van der Waals surface area contributed by atoms with Gasteiger partial charge in [0.2, 0.25) is 5.91 Å². The lowest BCUT2D eigenvalue weighted by Gasteiger charge is -2.21. The van der Waals surface area contributed by atoms with Gasteiger partial charge < -0.3 is 4.90 Å². The molecule has 0 aliphatic carbocycles. The van der Waals surface area contributed by atoms with Gasteiger partial charge in [0, 0.05) is 12.2 Å². The van der Waals surface area contributed by atoms with Crippen molar-refractivity contribution >= 4 is 50.5 Å². The smallest absolute Gasteiger partial charge is 0.308 e. The predicted octanol–water partition coefficient (Wildman–Crippen LogP) is 4.19. The molecular weight excluding hydrogens is 317 g/mol. The number of rotatable bonds is 1. The summed E-state index contributed by atoms with van der Waals surface area (Å²) in [4.78, 5) is 17.4. The lowest BCUT2D eigenvalue weighted by Crippen LogP contribution is -2.33. The van der Waals surface area contributed by atoms with Crippen molar-refractivity contribution in [3.05, 3.63) is 24.0 Å². The van der Waals surface area contributed by atoms with Crippen LogP contribution in [0.4, 0.5) is 5.69 Å². The minimum absolute atomic E-state index is 0.179. The number of pyridine rings is 1. The summed E-state index contributed by atoms with van der Waals surface area (Å²) in [5.74, 6) is 0.179. The molecule has 0 N–H and O–H groups in total. The van der Waals surface area contributed by atoms with Gasteiger partial charge in [-0.25, -0.2) is 0 Å². The predicted molar refractivity (Wildman–Crippen MR) is 75.7 cm³/mol. The number of nitrogens with zero attached hydrogens (tertiary/aromatic N) is 2. The number of aromatic nitrogens is 1. The van der Waals surface area contributed by atoms with Crippen molar-refractivity contribution in [1.29, 1.82) is 0 Å². The second-order valence-electron chi connectivity index (χ2n) is 3.94. The summed E-state index contributed by atoms with van der Waals surface area (Å²) in [5.41, 5.74) is 2.07. The molecule has 8 heteroatoms. The van der Waals surface area contributed by atoms with Gasteiger partial charge in [-0.15, -0.1) is 0 Å². The fourth-order valence-corrected chi connectivity index (χ4v) is 1.73. The Labute approximate surface area is 120 Å². The molecule has 0 saturated carbocycles. The number of carbonyl (C=O) groups excluding carboxylic acids is 1. The second kappa shape index (κ2) is 6.25. The Morgan fingerprint density at radius 2 is 1.94 bits per heavy atom. The fraction of sp³-hybridized carbons (Fsp3) is 0.400. The van der Waals surface area contributed by atoms with Crippen LogP contribution in [0.3, 0.4) is 0 Å². The lowest BCUT2D eigenvalue weighted by molar-refractivity contribution is -0.117. The molecule has 0 bridgehead atoms. The van der Waals surface area contributed by atoms with Gasteiger partial charge in [0.05, 0.1) is 18.3 Å². The Morgan fingerprint density at radius 3 is 2.44 bits per heavy atom. The summed E-state index contributed by atoms with van der Waals surface area (Å²) in [7, 11) is 0. The van der Waals surface area contributed by atoms with E-state index in [4.69, 9.17) is 0 Å². The summed E-state index contributed by atoms with van der Waals surface area (Å²) in [5, 5.41) is -3.22. The highest BCUT2D eigenvalue weighted by atomic mass is 36.0. The molecular formula is C10H12Cl3N2O2P. The third kappa shape index (κ3) is 4.77. The van der Waals surface area contributed by atoms with E-state index in [0.29, 0.717) is 6.42 Å². The summed E-state index contributed by atoms with van der Waals surface area (Å²) in [6.45, 7) is 4.03. The average molecular weight is 330 g/mol. The highest BCUT2D eigenvalue weighted by Gasteiger charge is 2.28. The third-order valence-corrected chi connectivity index (χ3v) is 2.27. The first-order valence-electron chi connectivity index (χ1n) is 5.14. The number of anilines is 1. The minimum atomic E-state index is -3.22. The number of hydrogen-bond donors (Lipinski definition) is 0. The average Bonchev–Trinajstić information content (AvgIpc) is 2.50. The molecule has 100 valence electrons. The van der Waals surface area contributed by atoms with Crippen LogP contribution >= 0.6 is 38.9 Å². The van der Waals surface area contributed by atoms with Gasteiger partial charge in [0.1, 0.15) is 0 Å². The largest absolute Gasteiger partial charge is 0.339 e. The molecule has 0 spiro atoms. The molecule has 1 aliphatic rings. The van der Waals surface area contributed by atoms with E-state index >= 15 is 0 Å². The normalized spacial score (nSPS) is 14.3. The van der Waals surface area contributed by atoms with E-state index in [1.807, 2.05) is 24.8 Å². The van der Waals surface area contributed by atoms with Crippen LogP contribution in [-0.2, 0) is 15.8 Å². The van der Waals surface area contributed by atoms with Crippen LogP contribution < -0.4 is 4.90 Å². The summed E-state index contributed by atoms with van der Waals surface area (Å²) < 4.78 is 9.51. The van der Waals surface area contributed by atoms with E-state index in [9.17, 15) is 9.36 Å². The molecule has 0 radical (unpaired) electrons. The number of fused-ring (bicyclic) bond motifs is 1. The first-order chi connectivity index (χ1) is 8.20. The topological polar surface area (TPSA) is 50.3 Å². The molecule has 1 aliphatic heterocycles. The molecule has 0 unspecified atom stereocenters. The van der Waals surface area contributed by atoms with Gasteiger partial charge in [0.15, 0.2) is 0 Å². The summed E-state index contributed by atoms with van der Waals surface area (Å²) in [6, 6.07) is 2.13. The third-order valence-electron chi connectivity index (χ3n) is 2.27. The first-order valence-corrected chi connectivity index (χ1v) is 9.56. The monoisotopic (exact) mass is 328 g/mol. The molecule has 0 fully saturated rings. The highest BCUT2D eigenvalue weighted by molar-refractivity contribution is 8.24. The molecule has 4 nitrogen and oxygen atoms in total. The van der Waals surface area contributed by atoms with Crippen LogP contribution in [0.2, 0.25) is 0 Å². The maximum Gasteiger partial charge on any atom is 0.339 e. The van der Waals surface area contributed by atoms with Crippen molar-refractivity contribution < 1.29 is 9.36 Å². The molecule has 1 aromatic heterocycles. The van der Waals surface area contributed by atoms with Crippen LogP contribution in [0.1, 0.15) is 19.4 Å². The Hall–Kier alpha value is -0.280. The zero-order chi connectivity index (χ0) is 13.9. The van der Waals surface area contributed by atoms with Gasteiger partial charge in [-0.05, 0) is 59.2 Å². The quantitative estimate of drug-likeness (QED) is 0.726.